The van der Waals surface area contributed by atoms with Crippen molar-refractivity contribution in [1.29, 1.82) is 0 Å². The monoisotopic (exact) mass is 188 g/mol. The molecular formula is C11H12N2O. The summed E-state index contributed by atoms with van der Waals surface area (Å²) in [7, 11) is 0. The molecule has 0 saturated carbocycles. The summed E-state index contributed by atoms with van der Waals surface area (Å²) in [5.74, 6) is 5.77. The quantitative estimate of drug-likeness (QED) is 0.634. The second kappa shape index (κ2) is 2.87. The molecular weight excluding hydrogens is 176 g/mol. The van der Waals surface area contributed by atoms with E-state index in [1.807, 2.05) is 25.1 Å². The van der Waals surface area contributed by atoms with Crippen LogP contribution in [0.1, 0.15) is 11.1 Å². The molecule has 2 aromatic rings. The van der Waals surface area contributed by atoms with E-state index >= 15 is 0 Å². The largest absolute Gasteiger partial charge is 0.339 e. The molecule has 1 heterocycles. The second-order valence-electron chi connectivity index (χ2n) is 3.57. The third-order valence-corrected chi connectivity index (χ3v) is 2.37. The molecule has 72 valence electrons. The fourth-order valence-corrected chi connectivity index (χ4v) is 1.60. The van der Waals surface area contributed by atoms with Gasteiger partial charge in [-0.2, -0.15) is 0 Å². The van der Waals surface area contributed by atoms with Crippen molar-refractivity contribution in [3.63, 3.8) is 0 Å². The van der Waals surface area contributed by atoms with E-state index in [0.29, 0.717) is 10.9 Å². The lowest BCUT2D eigenvalue weighted by Gasteiger charge is -2.06. The summed E-state index contributed by atoms with van der Waals surface area (Å²) in [5.41, 5.74) is 2.60. The molecule has 0 aliphatic rings. The lowest BCUT2D eigenvalue weighted by molar-refractivity contribution is 1.02. The van der Waals surface area contributed by atoms with Gasteiger partial charge in [-0.15, -0.1) is 0 Å². The normalized spacial score (nSPS) is 10.7. The number of benzene rings is 1. The molecule has 0 aliphatic carbocycles. The van der Waals surface area contributed by atoms with Crippen LogP contribution in [0.5, 0.6) is 0 Å². The molecule has 0 bridgehead atoms. The Bertz CT molecular complexity index is 555. The average molecular weight is 188 g/mol. The number of nitrogens with zero attached hydrogens (tertiary/aromatic N) is 1. The van der Waals surface area contributed by atoms with Gasteiger partial charge >= 0.3 is 0 Å². The van der Waals surface area contributed by atoms with Gasteiger partial charge in [-0.05, 0) is 31.5 Å². The Hall–Kier alpha value is -1.77. The molecule has 1 aromatic heterocycles. The van der Waals surface area contributed by atoms with Gasteiger partial charge in [-0.3, -0.25) is 9.47 Å². The molecule has 14 heavy (non-hydrogen) atoms. The van der Waals surface area contributed by atoms with Gasteiger partial charge in [-0.25, -0.2) is 0 Å². The first kappa shape index (κ1) is 8.81. The zero-order valence-electron chi connectivity index (χ0n) is 8.24. The number of aryl methyl sites for hydroxylation is 2. The fraction of sp³-hybridized carbons (Fsp3) is 0.182. The molecule has 2 rings (SSSR count). The van der Waals surface area contributed by atoms with E-state index in [1.165, 1.54) is 4.68 Å². The van der Waals surface area contributed by atoms with E-state index in [2.05, 4.69) is 0 Å². The smallest absolute Gasteiger partial charge is 0.192 e. The molecule has 0 amide bonds. The van der Waals surface area contributed by atoms with Gasteiger partial charge in [0.1, 0.15) is 0 Å². The van der Waals surface area contributed by atoms with E-state index in [4.69, 9.17) is 5.84 Å². The van der Waals surface area contributed by atoms with Crippen LogP contribution < -0.4 is 11.3 Å². The Balaban J connectivity index is 3.02. The summed E-state index contributed by atoms with van der Waals surface area (Å²) in [6.45, 7) is 3.74. The Kier molecular flexibility index (Phi) is 1.81. The fourth-order valence-electron chi connectivity index (χ4n) is 1.60. The molecule has 1 aromatic carbocycles. The van der Waals surface area contributed by atoms with E-state index < -0.39 is 0 Å². The molecule has 0 spiro atoms. The average Bonchev–Trinajstić information content (AvgIpc) is 2.14. The maximum absolute atomic E-state index is 11.7. The molecule has 0 aliphatic heterocycles. The van der Waals surface area contributed by atoms with Crippen molar-refractivity contribution in [2.45, 2.75) is 13.8 Å². The second-order valence-corrected chi connectivity index (χ2v) is 3.57. The summed E-state index contributed by atoms with van der Waals surface area (Å²) in [5, 5.41) is 0.679. The van der Waals surface area contributed by atoms with Crippen LogP contribution in [-0.4, -0.2) is 4.68 Å². The van der Waals surface area contributed by atoms with Crippen molar-refractivity contribution in [2.75, 3.05) is 5.84 Å². The van der Waals surface area contributed by atoms with Gasteiger partial charge < -0.3 is 5.84 Å². The lowest BCUT2D eigenvalue weighted by atomic mass is 10.1. The van der Waals surface area contributed by atoms with Crippen molar-refractivity contribution in [2.24, 2.45) is 0 Å². The van der Waals surface area contributed by atoms with Crippen molar-refractivity contribution in [3.05, 3.63) is 45.7 Å². The maximum atomic E-state index is 11.7. The van der Waals surface area contributed by atoms with E-state index in [1.54, 1.807) is 13.1 Å². The number of aromatic nitrogens is 1. The number of nitrogen functional groups attached to an aromatic ring is 1. The van der Waals surface area contributed by atoms with Crippen molar-refractivity contribution in [3.8, 4) is 0 Å². The zero-order chi connectivity index (χ0) is 10.3. The number of rotatable bonds is 0. The lowest BCUT2D eigenvalue weighted by Crippen LogP contribution is -2.17. The molecule has 0 fully saturated rings. The van der Waals surface area contributed by atoms with Crippen LogP contribution in [0.15, 0.2) is 29.2 Å². The van der Waals surface area contributed by atoms with Gasteiger partial charge in [0.05, 0.1) is 5.52 Å². The molecule has 0 radical (unpaired) electrons. The minimum absolute atomic E-state index is 0.0571. The minimum Gasteiger partial charge on any atom is -0.339 e. The molecule has 3 nitrogen and oxygen atoms in total. The van der Waals surface area contributed by atoms with Gasteiger partial charge in [0.15, 0.2) is 5.43 Å². The molecule has 0 unspecified atom stereocenters. The summed E-state index contributed by atoms with van der Waals surface area (Å²) >= 11 is 0. The summed E-state index contributed by atoms with van der Waals surface area (Å²) in [4.78, 5) is 11.7. The van der Waals surface area contributed by atoms with Gasteiger partial charge in [0.25, 0.3) is 0 Å². The summed E-state index contributed by atoms with van der Waals surface area (Å²) in [6.07, 6.45) is 1.66. The van der Waals surface area contributed by atoms with Gasteiger partial charge in [-0.1, -0.05) is 6.07 Å². The van der Waals surface area contributed by atoms with Crippen molar-refractivity contribution < 1.29 is 0 Å². The summed E-state index contributed by atoms with van der Waals surface area (Å²) in [6, 6.07) is 5.66. The highest BCUT2D eigenvalue weighted by molar-refractivity contribution is 5.80. The third kappa shape index (κ3) is 1.18. The molecule has 2 N–H and O–H groups in total. The summed E-state index contributed by atoms with van der Waals surface area (Å²) < 4.78 is 1.50. The highest BCUT2D eigenvalue weighted by atomic mass is 16.1. The predicted octanol–water partition coefficient (Wildman–Crippen LogP) is 1.33. The Morgan fingerprint density at radius 1 is 1.29 bits per heavy atom. The van der Waals surface area contributed by atoms with Crippen LogP contribution in [-0.2, 0) is 0 Å². The van der Waals surface area contributed by atoms with Crippen molar-refractivity contribution in [1.82, 2.24) is 4.68 Å². The SMILES string of the molecule is Cc1ccc2c(=O)c(C)cn(N)c2c1. The number of pyridine rings is 1. The first-order valence-corrected chi connectivity index (χ1v) is 4.47. The highest BCUT2D eigenvalue weighted by Gasteiger charge is 2.03. The van der Waals surface area contributed by atoms with Gasteiger partial charge in [0, 0.05) is 17.1 Å². The first-order valence-electron chi connectivity index (χ1n) is 4.47. The standard InChI is InChI=1S/C11H12N2O/c1-7-3-4-9-10(5-7)13(12)6-8(2)11(9)14/h3-6H,12H2,1-2H3. The predicted molar refractivity (Wildman–Crippen MR) is 57.8 cm³/mol. The van der Waals surface area contributed by atoms with Crippen LogP contribution in [0.2, 0.25) is 0 Å². The number of fused-ring (bicyclic) bond motifs is 1. The Morgan fingerprint density at radius 2 is 2.00 bits per heavy atom. The van der Waals surface area contributed by atoms with Crippen LogP contribution >= 0.6 is 0 Å². The molecule has 0 saturated heterocycles. The number of nitrogens with two attached hydrogens (primary N) is 1. The van der Waals surface area contributed by atoms with Crippen LogP contribution in [0, 0.1) is 13.8 Å². The number of hydrogen-bond donors (Lipinski definition) is 1. The number of hydrogen-bond acceptors (Lipinski definition) is 2. The zero-order valence-corrected chi connectivity index (χ0v) is 8.24. The highest BCUT2D eigenvalue weighted by Crippen LogP contribution is 2.11. The van der Waals surface area contributed by atoms with Crippen LogP contribution in [0.25, 0.3) is 10.9 Å². The molecule has 0 atom stereocenters. The maximum Gasteiger partial charge on any atom is 0.192 e. The molecule has 3 heteroatoms. The Labute approximate surface area is 81.7 Å². The van der Waals surface area contributed by atoms with E-state index in [9.17, 15) is 4.79 Å². The Morgan fingerprint density at radius 3 is 2.71 bits per heavy atom. The van der Waals surface area contributed by atoms with Crippen LogP contribution in [0.4, 0.5) is 0 Å². The first-order chi connectivity index (χ1) is 6.59. The van der Waals surface area contributed by atoms with Crippen molar-refractivity contribution >= 4 is 10.9 Å². The third-order valence-electron chi connectivity index (χ3n) is 2.37. The van der Waals surface area contributed by atoms with Crippen LogP contribution in [0.3, 0.4) is 0 Å². The minimum atomic E-state index is 0.0571. The topological polar surface area (TPSA) is 48.0 Å². The van der Waals surface area contributed by atoms with Gasteiger partial charge in [0.2, 0.25) is 0 Å². The van der Waals surface area contributed by atoms with E-state index in [0.717, 1.165) is 11.1 Å². The van der Waals surface area contributed by atoms with E-state index in [-0.39, 0.29) is 5.43 Å².